The second kappa shape index (κ2) is 9.82. The minimum atomic E-state index is 0.324. The van der Waals surface area contributed by atoms with Gasteiger partial charge in [-0.2, -0.15) is 0 Å². The predicted molar refractivity (Wildman–Crippen MR) is 106 cm³/mol. The van der Waals surface area contributed by atoms with E-state index >= 15 is 0 Å². The molecule has 0 aliphatic carbocycles. The van der Waals surface area contributed by atoms with Crippen LogP contribution in [0.1, 0.15) is 38.5 Å². The molecule has 26 heavy (non-hydrogen) atoms. The molecule has 0 saturated carbocycles. The van der Waals surface area contributed by atoms with Gasteiger partial charge < -0.3 is 15.0 Å². The van der Waals surface area contributed by atoms with Crippen molar-refractivity contribution >= 4 is 29.1 Å². The Hall–Kier alpha value is -0.970. The second-order valence-electron chi connectivity index (χ2n) is 7.47. The largest absolute Gasteiger partial charge is 0.493 e. The first-order valence-corrected chi connectivity index (χ1v) is 10.4. The fourth-order valence-corrected chi connectivity index (χ4v) is 4.34. The molecule has 0 radical (unpaired) electrons. The summed E-state index contributed by atoms with van der Waals surface area (Å²) in [4.78, 5) is 14.5. The molecule has 0 aromatic heterocycles. The van der Waals surface area contributed by atoms with Crippen LogP contribution in [0.4, 0.5) is 0 Å². The monoisotopic (exact) mass is 398 g/mol. The zero-order chi connectivity index (χ0) is 18.4. The first-order valence-electron chi connectivity index (χ1n) is 9.67. The molecule has 0 spiro atoms. The molecule has 2 aliphatic rings. The quantitative estimate of drug-likeness (QED) is 0.772. The van der Waals surface area contributed by atoms with Gasteiger partial charge in [-0.3, -0.25) is 4.79 Å². The molecule has 0 atom stereocenters. The number of carbonyl (C=O) groups is 1. The van der Waals surface area contributed by atoms with E-state index in [9.17, 15) is 4.79 Å². The maximum Gasteiger partial charge on any atom is 0.222 e. The summed E-state index contributed by atoms with van der Waals surface area (Å²) >= 11 is 12.0. The number of likely N-dealkylation sites (tertiary alicyclic amines) is 1. The highest BCUT2D eigenvalue weighted by Crippen LogP contribution is 2.26. The number of amides is 1. The van der Waals surface area contributed by atoms with Crippen LogP contribution in [0.15, 0.2) is 18.2 Å². The van der Waals surface area contributed by atoms with Crippen LogP contribution in [-0.2, 0) is 4.79 Å². The van der Waals surface area contributed by atoms with Crippen LogP contribution in [0.2, 0.25) is 10.0 Å². The third kappa shape index (κ3) is 6.04. The molecule has 0 bridgehead atoms. The van der Waals surface area contributed by atoms with Crippen molar-refractivity contribution in [2.45, 2.75) is 38.5 Å². The number of piperidine rings is 2. The lowest BCUT2D eigenvalue weighted by Crippen LogP contribution is -2.40. The van der Waals surface area contributed by atoms with Gasteiger partial charge in [-0.1, -0.05) is 23.2 Å². The van der Waals surface area contributed by atoms with Crippen LogP contribution >= 0.6 is 23.2 Å². The van der Waals surface area contributed by atoms with Crippen molar-refractivity contribution in [1.82, 2.24) is 10.2 Å². The number of rotatable bonds is 6. The first-order chi connectivity index (χ1) is 12.6. The molecular weight excluding hydrogens is 371 g/mol. The number of hydrogen-bond donors (Lipinski definition) is 1. The normalized spacial score (nSPS) is 19.5. The van der Waals surface area contributed by atoms with Gasteiger partial charge in [0.25, 0.3) is 0 Å². The van der Waals surface area contributed by atoms with Gasteiger partial charge in [-0.25, -0.2) is 0 Å². The number of halogens is 2. The molecule has 144 valence electrons. The third-order valence-corrected chi connectivity index (χ3v) is 5.95. The van der Waals surface area contributed by atoms with Crippen molar-refractivity contribution in [3.05, 3.63) is 28.2 Å². The maximum atomic E-state index is 12.5. The standard InChI is InChI=1S/C20H28Cl2N2O2/c21-17-11-18(22)13-19(12-17)26-14-16-5-9-24(10-6-16)20(25)2-1-15-3-7-23-8-4-15/h11-13,15-16,23H,1-10,14H2. The number of nitrogens with zero attached hydrogens (tertiary/aromatic N) is 1. The topological polar surface area (TPSA) is 41.6 Å². The molecule has 3 rings (SSSR count). The molecule has 1 amide bonds. The van der Waals surface area contributed by atoms with E-state index in [-0.39, 0.29) is 0 Å². The average molecular weight is 399 g/mol. The maximum absolute atomic E-state index is 12.5. The number of benzene rings is 1. The SMILES string of the molecule is O=C(CCC1CCNCC1)N1CCC(COc2cc(Cl)cc(Cl)c2)CC1. The highest BCUT2D eigenvalue weighted by Gasteiger charge is 2.24. The lowest BCUT2D eigenvalue weighted by atomic mass is 9.92. The molecule has 2 saturated heterocycles. The van der Waals surface area contributed by atoms with Gasteiger partial charge in [0.1, 0.15) is 5.75 Å². The predicted octanol–water partition coefficient (Wildman–Crippen LogP) is 4.39. The number of nitrogens with one attached hydrogen (secondary N) is 1. The fraction of sp³-hybridized carbons (Fsp3) is 0.650. The Bertz CT molecular complexity index is 577. The van der Waals surface area contributed by atoms with E-state index in [0.29, 0.717) is 40.6 Å². The molecule has 2 aliphatic heterocycles. The van der Waals surface area contributed by atoms with Crippen LogP contribution in [0.5, 0.6) is 5.75 Å². The summed E-state index contributed by atoms with van der Waals surface area (Å²) in [7, 11) is 0. The molecule has 1 aromatic rings. The summed E-state index contributed by atoms with van der Waals surface area (Å²) in [6.07, 6.45) is 6.15. The van der Waals surface area contributed by atoms with Gasteiger partial charge in [0.05, 0.1) is 6.61 Å². The van der Waals surface area contributed by atoms with E-state index in [1.165, 1.54) is 12.8 Å². The zero-order valence-electron chi connectivity index (χ0n) is 15.2. The molecule has 2 fully saturated rings. The van der Waals surface area contributed by atoms with Crippen LogP contribution in [0.3, 0.4) is 0 Å². The van der Waals surface area contributed by atoms with Crippen LogP contribution in [0.25, 0.3) is 0 Å². The molecule has 4 nitrogen and oxygen atoms in total. The van der Waals surface area contributed by atoms with Gasteiger partial charge in [-0.15, -0.1) is 0 Å². The number of hydrogen-bond acceptors (Lipinski definition) is 3. The van der Waals surface area contributed by atoms with Gasteiger partial charge in [0.2, 0.25) is 5.91 Å². The molecule has 1 aromatic carbocycles. The lowest BCUT2D eigenvalue weighted by molar-refractivity contribution is -0.133. The molecule has 0 unspecified atom stereocenters. The Labute approximate surface area is 166 Å². The zero-order valence-corrected chi connectivity index (χ0v) is 16.7. The number of carbonyl (C=O) groups excluding carboxylic acids is 1. The summed E-state index contributed by atoms with van der Waals surface area (Å²) in [6.45, 7) is 4.53. The Balaban J connectivity index is 1.36. The Morgan fingerprint density at radius 1 is 1.04 bits per heavy atom. The summed E-state index contributed by atoms with van der Waals surface area (Å²) in [5, 5.41) is 4.55. The third-order valence-electron chi connectivity index (χ3n) is 5.51. The minimum Gasteiger partial charge on any atom is -0.493 e. The second-order valence-corrected chi connectivity index (χ2v) is 8.35. The summed E-state index contributed by atoms with van der Waals surface area (Å²) < 4.78 is 5.85. The van der Waals surface area contributed by atoms with Gasteiger partial charge in [-0.05, 0) is 75.2 Å². The van der Waals surface area contributed by atoms with E-state index in [4.69, 9.17) is 27.9 Å². The van der Waals surface area contributed by atoms with Gasteiger partial charge in [0.15, 0.2) is 0 Å². The molecule has 1 N–H and O–H groups in total. The van der Waals surface area contributed by atoms with Crippen molar-refractivity contribution in [2.75, 3.05) is 32.8 Å². The summed E-state index contributed by atoms with van der Waals surface area (Å²) in [5.74, 6) is 2.23. The van der Waals surface area contributed by atoms with Crippen LogP contribution < -0.4 is 10.1 Å². The van der Waals surface area contributed by atoms with Crippen LogP contribution in [0, 0.1) is 11.8 Å². The molecule has 2 heterocycles. The fourth-order valence-electron chi connectivity index (χ4n) is 3.83. The van der Waals surface area contributed by atoms with E-state index in [1.807, 2.05) is 4.90 Å². The molecule has 6 heteroatoms. The van der Waals surface area contributed by atoms with Crippen molar-refractivity contribution in [3.63, 3.8) is 0 Å². The van der Waals surface area contributed by atoms with Crippen molar-refractivity contribution < 1.29 is 9.53 Å². The Kier molecular flexibility index (Phi) is 7.47. The van der Waals surface area contributed by atoms with E-state index in [2.05, 4.69) is 5.32 Å². The van der Waals surface area contributed by atoms with Gasteiger partial charge >= 0.3 is 0 Å². The van der Waals surface area contributed by atoms with E-state index in [0.717, 1.165) is 51.4 Å². The average Bonchev–Trinajstić information content (AvgIpc) is 2.65. The van der Waals surface area contributed by atoms with Crippen LogP contribution in [-0.4, -0.2) is 43.6 Å². The van der Waals surface area contributed by atoms with Gasteiger partial charge in [0, 0.05) is 29.6 Å². The Morgan fingerprint density at radius 3 is 2.35 bits per heavy atom. The minimum absolute atomic E-state index is 0.324. The first kappa shape index (κ1) is 19.8. The highest BCUT2D eigenvalue weighted by atomic mass is 35.5. The summed E-state index contributed by atoms with van der Waals surface area (Å²) in [6, 6.07) is 5.27. The van der Waals surface area contributed by atoms with Crippen molar-refractivity contribution in [1.29, 1.82) is 0 Å². The highest BCUT2D eigenvalue weighted by molar-refractivity contribution is 6.34. The Morgan fingerprint density at radius 2 is 1.69 bits per heavy atom. The smallest absolute Gasteiger partial charge is 0.222 e. The summed E-state index contributed by atoms with van der Waals surface area (Å²) in [5.41, 5.74) is 0. The lowest BCUT2D eigenvalue weighted by Gasteiger charge is -2.32. The number of ether oxygens (including phenoxy) is 1. The van der Waals surface area contributed by atoms with E-state index < -0.39 is 0 Å². The van der Waals surface area contributed by atoms with Crippen molar-refractivity contribution in [2.24, 2.45) is 11.8 Å². The molecular formula is C20H28Cl2N2O2. The van der Waals surface area contributed by atoms with Crippen molar-refractivity contribution in [3.8, 4) is 5.75 Å². The van der Waals surface area contributed by atoms with E-state index in [1.54, 1.807) is 18.2 Å².